The van der Waals surface area contributed by atoms with Crippen molar-refractivity contribution in [1.82, 2.24) is 9.78 Å². The Morgan fingerprint density at radius 3 is 3.18 bits per heavy atom. The summed E-state index contributed by atoms with van der Waals surface area (Å²) in [6.45, 7) is 0. The molecule has 1 radical (unpaired) electrons. The van der Waals surface area contributed by atoms with Crippen LogP contribution in [0.1, 0.15) is 0 Å². The van der Waals surface area contributed by atoms with Crippen molar-refractivity contribution < 1.29 is 0 Å². The van der Waals surface area contributed by atoms with E-state index in [9.17, 15) is 0 Å². The van der Waals surface area contributed by atoms with Crippen LogP contribution in [0, 0.1) is 6.07 Å². The maximum atomic E-state index is 5.86. The lowest BCUT2D eigenvalue weighted by atomic mass is 10.3. The second-order valence-electron chi connectivity index (χ2n) is 2.39. The van der Waals surface area contributed by atoms with Crippen LogP contribution in [0.2, 0.25) is 5.02 Å². The standard InChI is InChI=1S/C8H6ClN2/c1-11-5-6-7(9)3-2-4-8(6)10-11/h2,4-5H,1H3. The normalized spacial score (nSPS) is 10.7. The lowest BCUT2D eigenvalue weighted by Gasteiger charge is -1.86. The molecular weight excluding hydrogens is 160 g/mol. The van der Waals surface area contributed by atoms with Gasteiger partial charge in [0.1, 0.15) is 0 Å². The first-order valence-electron chi connectivity index (χ1n) is 3.27. The minimum Gasteiger partial charge on any atom is -0.275 e. The first kappa shape index (κ1) is 6.68. The van der Waals surface area contributed by atoms with Gasteiger partial charge >= 0.3 is 0 Å². The largest absolute Gasteiger partial charge is 0.275 e. The summed E-state index contributed by atoms with van der Waals surface area (Å²) in [6, 6.07) is 6.57. The van der Waals surface area contributed by atoms with E-state index in [-0.39, 0.29) is 0 Å². The molecule has 1 aromatic heterocycles. The smallest absolute Gasteiger partial charge is 0.0938 e. The van der Waals surface area contributed by atoms with Crippen molar-refractivity contribution in [2.24, 2.45) is 7.05 Å². The molecule has 0 amide bonds. The molecule has 0 fully saturated rings. The molecule has 55 valence electrons. The number of aryl methyl sites for hydroxylation is 1. The Labute approximate surface area is 69.4 Å². The van der Waals surface area contributed by atoms with Crippen LogP contribution in [0.5, 0.6) is 0 Å². The van der Waals surface area contributed by atoms with Crippen LogP contribution in [-0.2, 0) is 7.05 Å². The van der Waals surface area contributed by atoms with Crippen molar-refractivity contribution in [3.8, 4) is 0 Å². The van der Waals surface area contributed by atoms with Crippen molar-refractivity contribution in [1.29, 1.82) is 0 Å². The zero-order valence-corrected chi connectivity index (χ0v) is 6.76. The Bertz CT molecular complexity index is 392. The number of aromatic nitrogens is 2. The third-order valence-corrected chi connectivity index (χ3v) is 1.86. The van der Waals surface area contributed by atoms with E-state index >= 15 is 0 Å². The predicted octanol–water partition coefficient (Wildman–Crippen LogP) is 2.03. The minimum atomic E-state index is 0.635. The van der Waals surface area contributed by atoms with Crippen LogP contribution in [0.4, 0.5) is 0 Å². The van der Waals surface area contributed by atoms with E-state index in [2.05, 4.69) is 11.2 Å². The van der Waals surface area contributed by atoms with Crippen molar-refractivity contribution in [3.63, 3.8) is 0 Å². The van der Waals surface area contributed by atoms with Crippen molar-refractivity contribution in [3.05, 3.63) is 29.4 Å². The van der Waals surface area contributed by atoms with Gasteiger partial charge in [0.2, 0.25) is 0 Å². The molecule has 2 rings (SSSR count). The fourth-order valence-corrected chi connectivity index (χ4v) is 1.28. The Kier molecular flexibility index (Phi) is 1.36. The number of rotatable bonds is 0. The fourth-order valence-electron chi connectivity index (χ4n) is 1.07. The van der Waals surface area contributed by atoms with Gasteiger partial charge in [0.15, 0.2) is 0 Å². The lowest BCUT2D eigenvalue weighted by molar-refractivity contribution is 0.780. The van der Waals surface area contributed by atoms with E-state index in [1.54, 1.807) is 10.7 Å². The molecule has 2 nitrogen and oxygen atoms in total. The van der Waals surface area contributed by atoms with Crippen molar-refractivity contribution >= 4 is 22.5 Å². The molecule has 0 unspecified atom stereocenters. The maximum Gasteiger partial charge on any atom is 0.0938 e. The summed E-state index contributed by atoms with van der Waals surface area (Å²) in [5, 5.41) is 5.78. The van der Waals surface area contributed by atoms with Gasteiger partial charge in [-0.15, -0.1) is 0 Å². The molecule has 1 aromatic carbocycles. The average Bonchev–Trinajstić information content (AvgIpc) is 2.31. The van der Waals surface area contributed by atoms with E-state index in [0.29, 0.717) is 5.02 Å². The van der Waals surface area contributed by atoms with Gasteiger partial charge in [0, 0.05) is 24.7 Å². The van der Waals surface area contributed by atoms with Crippen LogP contribution in [0.25, 0.3) is 10.9 Å². The Hall–Kier alpha value is -1.02. The summed E-state index contributed by atoms with van der Waals surface area (Å²) >= 11 is 5.86. The molecule has 0 saturated heterocycles. The summed E-state index contributed by atoms with van der Waals surface area (Å²) in [5.41, 5.74) is 0.913. The number of hydrogen-bond acceptors (Lipinski definition) is 1. The van der Waals surface area contributed by atoms with Crippen LogP contribution < -0.4 is 0 Å². The number of benzene rings is 1. The Morgan fingerprint density at radius 1 is 1.64 bits per heavy atom. The maximum absolute atomic E-state index is 5.86. The molecule has 2 aromatic rings. The SMILES string of the molecule is Cn1cc2c(Cl)[c]ccc2n1. The fraction of sp³-hybridized carbons (Fsp3) is 0.125. The summed E-state index contributed by atoms with van der Waals surface area (Å²) in [4.78, 5) is 0. The molecule has 0 saturated carbocycles. The Morgan fingerprint density at radius 2 is 2.45 bits per heavy atom. The molecule has 0 spiro atoms. The van der Waals surface area contributed by atoms with Crippen LogP contribution >= 0.6 is 11.6 Å². The van der Waals surface area contributed by atoms with Gasteiger partial charge in [0.25, 0.3) is 0 Å². The van der Waals surface area contributed by atoms with Crippen molar-refractivity contribution in [2.45, 2.75) is 0 Å². The van der Waals surface area contributed by atoms with E-state index < -0.39 is 0 Å². The van der Waals surface area contributed by atoms with Crippen LogP contribution in [-0.4, -0.2) is 9.78 Å². The monoisotopic (exact) mass is 165 g/mol. The first-order chi connectivity index (χ1) is 5.27. The highest BCUT2D eigenvalue weighted by Crippen LogP contribution is 2.20. The summed E-state index contributed by atoms with van der Waals surface area (Å²) < 4.78 is 1.74. The van der Waals surface area contributed by atoms with E-state index in [1.807, 2.05) is 19.3 Å². The molecule has 0 bridgehead atoms. The van der Waals surface area contributed by atoms with Gasteiger partial charge in [0.05, 0.1) is 10.5 Å². The topological polar surface area (TPSA) is 17.8 Å². The third kappa shape index (κ3) is 0.994. The van der Waals surface area contributed by atoms with Gasteiger partial charge in [-0.25, -0.2) is 0 Å². The molecule has 0 aliphatic carbocycles. The highest BCUT2D eigenvalue weighted by Gasteiger charge is 2.00. The highest BCUT2D eigenvalue weighted by molar-refractivity contribution is 6.35. The van der Waals surface area contributed by atoms with Gasteiger partial charge in [-0.1, -0.05) is 17.7 Å². The highest BCUT2D eigenvalue weighted by atomic mass is 35.5. The zero-order chi connectivity index (χ0) is 7.84. The quantitative estimate of drug-likeness (QED) is 0.584. The number of fused-ring (bicyclic) bond motifs is 1. The van der Waals surface area contributed by atoms with Gasteiger partial charge in [-0.3, -0.25) is 4.68 Å². The molecular formula is C8H6ClN2. The van der Waals surface area contributed by atoms with Crippen LogP contribution in [0.15, 0.2) is 18.3 Å². The van der Waals surface area contributed by atoms with Gasteiger partial charge in [-0.2, -0.15) is 5.10 Å². The summed E-state index contributed by atoms with van der Waals surface area (Å²) in [6.07, 6.45) is 1.88. The molecule has 3 heteroatoms. The molecule has 0 aliphatic rings. The molecule has 0 aliphatic heterocycles. The van der Waals surface area contributed by atoms with E-state index in [1.165, 1.54) is 0 Å². The molecule has 11 heavy (non-hydrogen) atoms. The average molecular weight is 166 g/mol. The second kappa shape index (κ2) is 2.24. The van der Waals surface area contributed by atoms with Gasteiger partial charge in [-0.05, 0) is 6.07 Å². The van der Waals surface area contributed by atoms with Crippen molar-refractivity contribution in [2.75, 3.05) is 0 Å². The predicted molar refractivity (Wildman–Crippen MR) is 44.6 cm³/mol. The molecule has 0 atom stereocenters. The van der Waals surface area contributed by atoms with E-state index in [0.717, 1.165) is 10.9 Å². The molecule has 0 N–H and O–H groups in total. The van der Waals surface area contributed by atoms with Crippen LogP contribution in [0.3, 0.4) is 0 Å². The first-order valence-corrected chi connectivity index (χ1v) is 3.65. The summed E-state index contributed by atoms with van der Waals surface area (Å²) in [7, 11) is 1.87. The van der Waals surface area contributed by atoms with Gasteiger partial charge < -0.3 is 0 Å². The third-order valence-electron chi connectivity index (χ3n) is 1.55. The Balaban J connectivity index is 2.90. The number of halogens is 1. The minimum absolute atomic E-state index is 0.635. The lowest BCUT2D eigenvalue weighted by Crippen LogP contribution is -1.84. The number of hydrogen-bond donors (Lipinski definition) is 0. The zero-order valence-electron chi connectivity index (χ0n) is 6.00. The summed E-state index contributed by atoms with van der Waals surface area (Å²) in [5.74, 6) is 0. The molecule has 1 heterocycles. The second-order valence-corrected chi connectivity index (χ2v) is 2.77. The van der Waals surface area contributed by atoms with E-state index in [4.69, 9.17) is 11.6 Å². The number of nitrogens with zero attached hydrogens (tertiary/aromatic N) is 2.